The standard InChI is InChI=1S/C21H21NO4/c1-21(2,3)26-20(24)22-17-8-6-5-7-16(17)13-18(22)14-9-11-15(12-10-14)19(23)25-4/h5-13H,1-4H3. The van der Waals surface area contributed by atoms with E-state index in [1.165, 1.54) is 7.11 Å². The number of methoxy groups -OCH3 is 1. The Labute approximate surface area is 152 Å². The van der Waals surface area contributed by atoms with Gasteiger partial charge in [0.1, 0.15) is 5.60 Å². The Balaban J connectivity index is 2.12. The molecule has 0 aliphatic heterocycles. The molecule has 0 N–H and O–H groups in total. The fraction of sp³-hybridized carbons (Fsp3) is 0.238. The van der Waals surface area contributed by atoms with Gasteiger partial charge in [-0.05, 0) is 50.6 Å². The van der Waals surface area contributed by atoms with Crippen LogP contribution in [0.5, 0.6) is 0 Å². The lowest BCUT2D eigenvalue weighted by atomic mass is 10.1. The van der Waals surface area contributed by atoms with Crippen molar-refractivity contribution < 1.29 is 19.1 Å². The number of ether oxygens (including phenoxy) is 2. The van der Waals surface area contributed by atoms with Crippen LogP contribution in [0.25, 0.3) is 22.2 Å². The zero-order valence-electron chi connectivity index (χ0n) is 15.3. The molecule has 2 aromatic carbocycles. The molecule has 0 atom stereocenters. The molecular weight excluding hydrogens is 330 g/mol. The summed E-state index contributed by atoms with van der Waals surface area (Å²) in [4.78, 5) is 24.5. The summed E-state index contributed by atoms with van der Waals surface area (Å²) >= 11 is 0. The van der Waals surface area contributed by atoms with Gasteiger partial charge in [0.15, 0.2) is 0 Å². The van der Waals surface area contributed by atoms with Crippen molar-refractivity contribution in [1.82, 2.24) is 4.57 Å². The highest BCUT2D eigenvalue weighted by Gasteiger charge is 2.22. The summed E-state index contributed by atoms with van der Waals surface area (Å²) in [7, 11) is 1.34. The molecule has 0 aliphatic carbocycles. The van der Waals surface area contributed by atoms with Crippen LogP contribution in [0, 0.1) is 0 Å². The topological polar surface area (TPSA) is 57.5 Å². The number of benzene rings is 2. The van der Waals surface area contributed by atoms with E-state index < -0.39 is 17.7 Å². The van der Waals surface area contributed by atoms with Crippen molar-refractivity contribution in [2.45, 2.75) is 26.4 Å². The van der Waals surface area contributed by atoms with Crippen LogP contribution in [0.2, 0.25) is 0 Å². The van der Waals surface area contributed by atoms with Gasteiger partial charge in [0.05, 0.1) is 23.9 Å². The molecule has 0 radical (unpaired) electrons. The van der Waals surface area contributed by atoms with Gasteiger partial charge in [-0.1, -0.05) is 30.3 Å². The summed E-state index contributed by atoms with van der Waals surface area (Å²) in [6, 6.07) is 16.5. The summed E-state index contributed by atoms with van der Waals surface area (Å²) in [5, 5.41) is 0.936. The SMILES string of the molecule is COC(=O)c1ccc(-c2cc3ccccc3n2C(=O)OC(C)(C)C)cc1. The summed E-state index contributed by atoms with van der Waals surface area (Å²) < 4.78 is 11.9. The van der Waals surface area contributed by atoms with E-state index in [9.17, 15) is 9.59 Å². The zero-order valence-corrected chi connectivity index (χ0v) is 15.3. The number of hydrogen-bond donors (Lipinski definition) is 0. The molecule has 0 unspecified atom stereocenters. The van der Waals surface area contributed by atoms with E-state index in [0.717, 1.165) is 16.5 Å². The second kappa shape index (κ2) is 6.67. The molecule has 0 amide bonds. The molecule has 3 aromatic rings. The predicted octanol–water partition coefficient (Wildman–Crippen LogP) is 4.88. The van der Waals surface area contributed by atoms with Gasteiger partial charge in [-0.3, -0.25) is 0 Å². The first-order valence-corrected chi connectivity index (χ1v) is 8.33. The molecule has 5 heteroatoms. The molecule has 0 bridgehead atoms. The molecule has 0 saturated heterocycles. The molecular formula is C21H21NO4. The van der Waals surface area contributed by atoms with Crippen LogP contribution in [0.3, 0.4) is 0 Å². The molecule has 0 fully saturated rings. The van der Waals surface area contributed by atoms with E-state index in [2.05, 4.69) is 0 Å². The lowest BCUT2D eigenvalue weighted by Crippen LogP contribution is -2.27. The number of carbonyl (C=O) groups is 2. The highest BCUT2D eigenvalue weighted by atomic mass is 16.6. The first-order valence-electron chi connectivity index (χ1n) is 8.33. The Morgan fingerprint density at radius 1 is 0.962 bits per heavy atom. The molecule has 1 aromatic heterocycles. The Morgan fingerprint density at radius 2 is 1.62 bits per heavy atom. The number of rotatable bonds is 2. The summed E-state index contributed by atoms with van der Waals surface area (Å²) in [5.41, 5.74) is 2.13. The van der Waals surface area contributed by atoms with E-state index in [4.69, 9.17) is 9.47 Å². The summed E-state index contributed by atoms with van der Waals surface area (Å²) in [5.74, 6) is -0.399. The van der Waals surface area contributed by atoms with E-state index in [0.29, 0.717) is 11.3 Å². The average molecular weight is 351 g/mol. The molecule has 0 spiro atoms. The van der Waals surface area contributed by atoms with E-state index >= 15 is 0 Å². The van der Waals surface area contributed by atoms with Crippen molar-refractivity contribution in [1.29, 1.82) is 0 Å². The number of fused-ring (bicyclic) bond motifs is 1. The number of esters is 1. The maximum Gasteiger partial charge on any atom is 0.419 e. The van der Waals surface area contributed by atoms with E-state index in [1.807, 2.05) is 51.1 Å². The minimum atomic E-state index is -0.603. The first kappa shape index (κ1) is 17.7. The van der Waals surface area contributed by atoms with Crippen molar-refractivity contribution in [3.05, 3.63) is 60.2 Å². The normalized spacial score (nSPS) is 11.4. The largest absolute Gasteiger partial charge is 0.465 e. The fourth-order valence-electron chi connectivity index (χ4n) is 2.77. The zero-order chi connectivity index (χ0) is 18.9. The monoisotopic (exact) mass is 351 g/mol. The Morgan fingerprint density at radius 3 is 2.23 bits per heavy atom. The quantitative estimate of drug-likeness (QED) is 0.618. The van der Waals surface area contributed by atoms with Crippen molar-refractivity contribution in [3.8, 4) is 11.3 Å². The Hall–Kier alpha value is -3.08. The van der Waals surface area contributed by atoms with Gasteiger partial charge < -0.3 is 9.47 Å². The third-order valence-electron chi connectivity index (χ3n) is 3.89. The summed E-state index contributed by atoms with van der Waals surface area (Å²) in [6.45, 7) is 5.50. The van der Waals surface area contributed by atoms with E-state index in [1.54, 1.807) is 28.8 Å². The highest BCUT2D eigenvalue weighted by Crippen LogP contribution is 2.29. The smallest absolute Gasteiger partial charge is 0.419 e. The maximum absolute atomic E-state index is 12.8. The van der Waals surface area contributed by atoms with Gasteiger partial charge in [-0.15, -0.1) is 0 Å². The van der Waals surface area contributed by atoms with Crippen LogP contribution in [-0.4, -0.2) is 29.3 Å². The number of para-hydroxylation sites is 1. The second-order valence-electron chi connectivity index (χ2n) is 6.97. The van der Waals surface area contributed by atoms with Gasteiger partial charge in [0, 0.05) is 5.39 Å². The fourth-order valence-corrected chi connectivity index (χ4v) is 2.77. The number of nitrogens with zero attached hydrogens (tertiary/aromatic N) is 1. The van der Waals surface area contributed by atoms with Gasteiger partial charge in [0.2, 0.25) is 0 Å². The lowest BCUT2D eigenvalue weighted by molar-refractivity contribution is 0.0545. The van der Waals surface area contributed by atoms with Crippen LogP contribution in [0.15, 0.2) is 54.6 Å². The third kappa shape index (κ3) is 3.47. The second-order valence-corrected chi connectivity index (χ2v) is 6.97. The third-order valence-corrected chi connectivity index (χ3v) is 3.89. The highest BCUT2D eigenvalue weighted by molar-refractivity contribution is 5.96. The van der Waals surface area contributed by atoms with Gasteiger partial charge in [-0.25, -0.2) is 14.2 Å². The van der Waals surface area contributed by atoms with Crippen LogP contribution in [0.1, 0.15) is 31.1 Å². The molecule has 0 aliphatic rings. The number of hydrogen-bond acceptors (Lipinski definition) is 4. The van der Waals surface area contributed by atoms with Gasteiger partial charge >= 0.3 is 12.1 Å². The van der Waals surface area contributed by atoms with Crippen molar-refractivity contribution in [2.75, 3.05) is 7.11 Å². The van der Waals surface area contributed by atoms with Crippen molar-refractivity contribution >= 4 is 23.0 Å². The molecule has 0 saturated carbocycles. The number of aromatic nitrogens is 1. The van der Waals surface area contributed by atoms with Crippen LogP contribution < -0.4 is 0 Å². The Kier molecular flexibility index (Phi) is 4.55. The Bertz CT molecular complexity index is 962. The molecule has 134 valence electrons. The minimum absolute atomic E-state index is 0.399. The van der Waals surface area contributed by atoms with Crippen LogP contribution >= 0.6 is 0 Å². The van der Waals surface area contributed by atoms with Gasteiger partial charge in [0.25, 0.3) is 0 Å². The minimum Gasteiger partial charge on any atom is -0.465 e. The van der Waals surface area contributed by atoms with Crippen molar-refractivity contribution in [3.63, 3.8) is 0 Å². The predicted molar refractivity (Wildman–Crippen MR) is 100 cm³/mol. The maximum atomic E-state index is 12.8. The molecule has 5 nitrogen and oxygen atoms in total. The van der Waals surface area contributed by atoms with Crippen LogP contribution in [-0.2, 0) is 9.47 Å². The van der Waals surface area contributed by atoms with Crippen molar-refractivity contribution in [2.24, 2.45) is 0 Å². The first-order chi connectivity index (χ1) is 12.3. The van der Waals surface area contributed by atoms with Gasteiger partial charge in [-0.2, -0.15) is 0 Å². The number of carbonyl (C=O) groups excluding carboxylic acids is 2. The summed E-state index contributed by atoms with van der Waals surface area (Å²) in [6.07, 6.45) is -0.439. The lowest BCUT2D eigenvalue weighted by Gasteiger charge is -2.21. The average Bonchev–Trinajstić information content (AvgIpc) is 2.99. The molecule has 3 rings (SSSR count). The van der Waals surface area contributed by atoms with E-state index in [-0.39, 0.29) is 0 Å². The van der Waals surface area contributed by atoms with Crippen LogP contribution in [0.4, 0.5) is 4.79 Å². The molecule has 1 heterocycles. The molecule has 26 heavy (non-hydrogen) atoms.